The molecule has 0 aliphatic carbocycles. The van der Waals surface area contributed by atoms with Crippen LogP contribution in [0, 0.1) is 12.8 Å². The van der Waals surface area contributed by atoms with Crippen LogP contribution < -0.4 is 10.1 Å². The molecular weight excluding hydrogens is 506 g/mol. The van der Waals surface area contributed by atoms with Crippen molar-refractivity contribution in [2.75, 3.05) is 13.7 Å². The van der Waals surface area contributed by atoms with Crippen LogP contribution in [-0.2, 0) is 15.1 Å². The normalized spacial score (nSPS) is 24.0. The predicted octanol–water partition coefficient (Wildman–Crippen LogP) is 3.26. The number of amides is 2. The fourth-order valence-corrected chi connectivity index (χ4v) is 5.99. The molecule has 2 amide bonds. The summed E-state index contributed by atoms with van der Waals surface area (Å²) in [6.45, 7) is 7.70. The highest BCUT2D eigenvalue weighted by Crippen LogP contribution is 2.36. The number of carbonyl (C=O) groups is 2. The van der Waals surface area contributed by atoms with Gasteiger partial charge in [0.1, 0.15) is 11.8 Å². The molecule has 200 valence electrons. The van der Waals surface area contributed by atoms with Crippen LogP contribution in [0.5, 0.6) is 5.88 Å². The van der Waals surface area contributed by atoms with Gasteiger partial charge in [-0.05, 0) is 36.0 Å². The number of nitrogens with zero attached hydrogens (tertiary/aromatic N) is 4. The van der Waals surface area contributed by atoms with Crippen molar-refractivity contribution in [2.45, 2.75) is 57.7 Å². The Morgan fingerprint density at radius 2 is 2.05 bits per heavy atom. The number of aromatic nitrogens is 2. The number of carbonyl (C=O) groups excluding carboxylic acids is 2. The van der Waals surface area contributed by atoms with Gasteiger partial charge >= 0.3 is 0 Å². The predicted molar refractivity (Wildman–Crippen MR) is 142 cm³/mol. The maximum Gasteiger partial charge on any atom is 0.257 e. The van der Waals surface area contributed by atoms with E-state index in [2.05, 4.69) is 15.5 Å². The molecular formula is C27H31N5O5S. The molecule has 4 atom stereocenters. The van der Waals surface area contributed by atoms with Gasteiger partial charge in [0.25, 0.3) is 11.8 Å². The SMILES string of the molecule is COc1cc([C@H](C(=O)N2C[C@H](O)C[C@@H]2C2=N[C@@](C)(c3ccc(-c4scnc4C)cc3)C(=O)N2)C(C)C)on1. The molecule has 38 heavy (non-hydrogen) atoms. The minimum absolute atomic E-state index is 0.107. The minimum atomic E-state index is -1.16. The van der Waals surface area contributed by atoms with Crippen LogP contribution in [0.15, 0.2) is 45.4 Å². The third kappa shape index (κ3) is 4.49. The Bertz CT molecular complexity index is 1380. The molecule has 0 saturated carbocycles. The highest BCUT2D eigenvalue weighted by Gasteiger charge is 2.48. The van der Waals surface area contributed by atoms with Crippen molar-refractivity contribution < 1.29 is 24.0 Å². The van der Waals surface area contributed by atoms with Gasteiger partial charge in [-0.25, -0.2) is 9.98 Å². The number of rotatable bonds is 7. The molecule has 2 N–H and O–H groups in total. The van der Waals surface area contributed by atoms with Crippen LogP contribution in [0.2, 0.25) is 0 Å². The lowest BCUT2D eigenvalue weighted by atomic mass is 9.91. The summed E-state index contributed by atoms with van der Waals surface area (Å²) in [6, 6.07) is 8.77. The van der Waals surface area contributed by atoms with Crippen LogP contribution >= 0.6 is 11.3 Å². The standard InChI is InChI=1S/C27H31N5O5S/c1-14(2)22(20-11-21(36-5)31-37-20)25(34)32-12-18(33)10-19(32)24-29-26(35)27(4,30-24)17-8-6-16(7-9-17)23-15(3)28-13-38-23/h6-9,11,13-14,18-19,22,33H,10,12H2,1-5H3,(H,29,30,35)/t18-,19-,22-,27+/m1/s1. The number of amidine groups is 1. The third-order valence-corrected chi connectivity index (χ3v) is 8.29. The van der Waals surface area contributed by atoms with E-state index in [1.54, 1.807) is 29.2 Å². The summed E-state index contributed by atoms with van der Waals surface area (Å²) < 4.78 is 10.5. The number of ether oxygens (including phenoxy) is 1. The van der Waals surface area contributed by atoms with Crippen molar-refractivity contribution in [3.8, 4) is 16.3 Å². The quantitative estimate of drug-likeness (QED) is 0.473. The van der Waals surface area contributed by atoms with Crippen molar-refractivity contribution in [1.82, 2.24) is 20.4 Å². The molecule has 0 bridgehead atoms. The number of hydrogen-bond donors (Lipinski definition) is 2. The number of hydrogen-bond acceptors (Lipinski definition) is 9. The maximum absolute atomic E-state index is 13.8. The molecule has 0 spiro atoms. The lowest BCUT2D eigenvalue weighted by molar-refractivity contribution is -0.134. The molecule has 2 aliphatic rings. The van der Waals surface area contributed by atoms with Gasteiger partial charge in [0.2, 0.25) is 5.91 Å². The maximum atomic E-state index is 13.8. The summed E-state index contributed by atoms with van der Waals surface area (Å²) in [6.07, 6.45) is -0.468. The van der Waals surface area contributed by atoms with Crippen LogP contribution in [0.4, 0.5) is 0 Å². The molecule has 1 fully saturated rings. The van der Waals surface area contributed by atoms with Crippen molar-refractivity contribution >= 4 is 29.0 Å². The molecule has 2 aliphatic heterocycles. The van der Waals surface area contributed by atoms with E-state index in [9.17, 15) is 14.7 Å². The zero-order chi connectivity index (χ0) is 27.2. The summed E-state index contributed by atoms with van der Waals surface area (Å²) >= 11 is 1.57. The first-order valence-corrected chi connectivity index (χ1v) is 13.4. The van der Waals surface area contributed by atoms with Crippen LogP contribution in [-0.4, -0.2) is 63.6 Å². The molecule has 3 aromatic rings. The largest absolute Gasteiger partial charge is 0.479 e. The number of nitrogens with one attached hydrogen (secondary N) is 1. The summed E-state index contributed by atoms with van der Waals surface area (Å²) in [7, 11) is 1.48. The van der Waals surface area contributed by atoms with E-state index < -0.39 is 23.6 Å². The van der Waals surface area contributed by atoms with Crippen molar-refractivity contribution in [1.29, 1.82) is 0 Å². The van der Waals surface area contributed by atoms with E-state index in [1.165, 1.54) is 7.11 Å². The third-order valence-electron chi connectivity index (χ3n) is 7.32. The Morgan fingerprint density at radius 3 is 2.66 bits per heavy atom. The Kier molecular flexibility index (Phi) is 6.83. The number of β-amino-alcohol motifs (C(OH)–C–C–N with tert-alkyl or cyclic N) is 1. The van der Waals surface area contributed by atoms with E-state index in [4.69, 9.17) is 14.3 Å². The lowest BCUT2D eigenvalue weighted by Gasteiger charge is -2.29. The second kappa shape index (κ2) is 9.95. The van der Waals surface area contributed by atoms with Gasteiger partial charge in [0.15, 0.2) is 11.3 Å². The van der Waals surface area contributed by atoms with Gasteiger partial charge in [0, 0.05) is 19.0 Å². The van der Waals surface area contributed by atoms with E-state index in [0.717, 1.165) is 21.7 Å². The van der Waals surface area contributed by atoms with Crippen LogP contribution in [0.25, 0.3) is 10.4 Å². The van der Waals surface area contributed by atoms with E-state index in [1.807, 2.05) is 50.5 Å². The Morgan fingerprint density at radius 1 is 1.32 bits per heavy atom. The highest BCUT2D eigenvalue weighted by atomic mass is 32.1. The van der Waals surface area contributed by atoms with Gasteiger partial charge in [-0.1, -0.05) is 38.1 Å². The molecule has 1 aromatic carbocycles. The Hall–Kier alpha value is -3.57. The van der Waals surface area contributed by atoms with Crippen molar-refractivity contribution in [2.24, 2.45) is 10.9 Å². The van der Waals surface area contributed by atoms with Gasteiger partial charge in [-0.2, -0.15) is 0 Å². The van der Waals surface area contributed by atoms with E-state index in [-0.39, 0.29) is 36.6 Å². The van der Waals surface area contributed by atoms with Crippen molar-refractivity contribution in [3.05, 3.63) is 52.9 Å². The molecule has 0 radical (unpaired) electrons. The first-order valence-electron chi connectivity index (χ1n) is 12.5. The second-order valence-electron chi connectivity index (χ2n) is 10.3. The summed E-state index contributed by atoms with van der Waals surface area (Å²) in [5, 5.41) is 17.3. The molecule has 5 rings (SSSR count). The smallest absolute Gasteiger partial charge is 0.257 e. The first kappa shape index (κ1) is 26.1. The fraction of sp³-hybridized carbons (Fsp3) is 0.444. The fourth-order valence-electron chi connectivity index (χ4n) is 5.18. The monoisotopic (exact) mass is 537 g/mol. The number of aliphatic hydroxyl groups excluding tert-OH is 1. The molecule has 0 unspecified atom stereocenters. The first-order chi connectivity index (χ1) is 18.1. The van der Waals surface area contributed by atoms with Gasteiger partial charge < -0.3 is 24.6 Å². The molecule has 11 heteroatoms. The molecule has 1 saturated heterocycles. The molecule has 2 aromatic heterocycles. The number of benzene rings is 1. The molecule has 10 nitrogen and oxygen atoms in total. The van der Waals surface area contributed by atoms with Gasteiger partial charge in [0.05, 0.1) is 35.3 Å². The average Bonchev–Trinajstić information content (AvgIpc) is 3.67. The minimum Gasteiger partial charge on any atom is -0.479 e. The Balaban J connectivity index is 1.43. The lowest BCUT2D eigenvalue weighted by Crippen LogP contribution is -2.48. The summed E-state index contributed by atoms with van der Waals surface area (Å²) in [4.78, 5) is 38.8. The van der Waals surface area contributed by atoms with E-state index in [0.29, 0.717) is 11.6 Å². The number of methoxy groups -OCH3 is 1. The van der Waals surface area contributed by atoms with Crippen LogP contribution in [0.1, 0.15) is 50.1 Å². The number of likely N-dealkylation sites (tertiary alicyclic amines) is 1. The number of aliphatic hydroxyl groups is 1. The average molecular weight is 538 g/mol. The number of aliphatic imine (C=N–C) groups is 1. The summed E-state index contributed by atoms with van der Waals surface area (Å²) in [5.74, 6) is -0.187. The second-order valence-corrected chi connectivity index (χ2v) is 11.1. The van der Waals surface area contributed by atoms with Gasteiger partial charge in [-0.3, -0.25) is 9.59 Å². The van der Waals surface area contributed by atoms with Crippen LogP contribution in [0.3, 0.4) is 0 Å². The Labute approximate surface area is 224 Å². The zero-order valence-corrected chi connectivity index (χ0v) is 22.8. The zero-order valence-electron chi connectivity index (χ0n) is 22.0. The number of thiazole rings is 1. The summed E-state index contributed by atoms with van der Waals surface area (Å²) in [5.41, 5.74) is 3.38. The highest BCUT2D eigenvalue weighted by molar-refractivity contribution is 7.13. The van der Waals surface area contributed by atoms with Gasteiger partial charge in [-0.15, -0.1) is 11.3 Å². The van der Waals surface area contributed by atoms with E-state index >= 15 is 0 Å². The molecule has 4 heterocycles. The topological polar surface area (TPSA) is 130 Å². The van der Waals surface area contributed by atoms with Crippen molar-refractivity contribution in [3.63, 3.8) is 0 Å². The number of aryl methyl sites for hydroxylation is 1.